The van der Waals surface area contributed by atoms with Crippen molar-refractivity contribution in [3.05, 3.63) is 59.1 Å². The Balaban J connectivity index is 1.48. The zero-order valence-corrected chi connectivity index (χ0v) is 15.7. The van der Waals surface area contributed by atoms with E-state index in [9.17, 15) is 9.59 Å². The monoisotopic (exact) mass is 401 g/mol. The van der Waals surface area contributed by atoms with Gasteiger partial charge in [-0.05, 0) is 30.3 Å². The minimum Gasteiger partial charge on any atom is -0.495 e. The fraction of sp³-hybridized carbons (Fsp3) is 0.211. The summed E-state index contributed by atoms with van der Waals surface area (Å²) < 4.78 is 15.1. The van der Waals surface area contributed by atoms with Gasteiger partial charge in [0.2, 0.25) is 11.7 Å². The Kier molecular flexibility index (Phi) is 6.33. The molecule has 0 atom stereocenters. The summed E-state index contributed by atoms with van der Waals surface area (Å²) in [6, 6.07) is 9.93. The summed E-state index contributed by atoms with van der Waals surface area (Å²) >= 11 is 5.99. The molecule has 0 saturated heterocycles. The number of hydrogen-bond donors (Lipinski definition) is 0. The van der Waals surface area contributed by atoms with Gasteiger partial charge in [0.15, 0.2) is 12.4 Å². The predicted molar refractivity (Wildman–Crippen MR) is 99.1 cm³/mol. The number of benzene rings is 1. The van der Waals surface area contributed by atoms with Crippen molar-refractivity contribution in [3.8, 4) is 17.3 Å². The number of carbonyl (C=O) groups excluding carboxylic acids is 2. The molecule has 0 bridgehead atoms. The number of aryl methyl sites for hydroxylation is 1. The van der Waals surface area contributed by atoms with Gasteiger partial charge in [0, 0.05) is 18.2 Å². The molecule has 0 aliphatic rings. The molecule has 0 N–H and O–H groups in total. The van der Waals surface area contributed by atoms with E-state index in [0.29, 0.717) is 27.9 Å². The lowest BCUT2D eigenvalue weighted by atomic mass is 10.1. The van der Waals surface area contributed by atoms with Crippen LogP contribution in [-0.2, 0) is 16.0 Å². The van der Waals surface area contributed by atoms with E-state index in [4.69, 9.17) is 25.6 Å². The maximum atomic E-state index is 12.1. The van der Waals surface area contributed by atoms with Crippen LogP contribution in [0.1, 0.15) is 22.7 Å². The van der Waals surface area contributed by atoms with Gasteiger partial charge in [-0.15, -0.1) is 0 Å². The number of carbonyl (C=O) groups is 2. The van der Waals surface area contributed by atoms with Crippen LogP contribution in [0, 0.1) is 0 Å². The van der Waals surface area contributed by atoms with Crippen LogP contribution in [0.4, 0.5) is 0 Å². The van der Waals surface area contributed by atoms with E-state index in [-0.39, 0.29) is 31.1 Å². The van der Waals surface area contributed by atoms with Crippen LogP contribution in [-0.4, -0.2) is 40.6 Å². The predicted octanol–water partition coefficient (Wildman–Crippen LogP) is 3.15. The number of Topliss-reactive ketones (excluding diaryl/α,β-unsaturated/α-hetero) is 1. The highest BCUT2D eigenvalue weighted by Crippen LogP contribution is 2.25. The Bertz CT molecular complexity index is 975. The minimum absolute atomic E-state index is 0.000496. The number of ether oxygens (including phenoxy) is 2. The fourth-order valence-electron chi connectivity index (χ4n) is 2.31. The van der Waals surface area contributed by atoms with E-state index in [1.165, 1.54) is 13.2 Å². The van der Waals surface area contributed by atoms with Crippen molar-refractivity contribution in [1.82, 2.24) is 15.1 Å². The molecule has 9 heteroatoms. The molecule has 3 aromatic rings. The third kappa shape index (κ3) is 4.92. The molecule has 0 spiro atoms. The summed E-state index contributed by atoms with van der Waals surface area (Å²) in [5, 5.41) is 4.13. The Hall–Kier alpha value is -3.26. The molecule has 3 rings (SSSR count). The summed E-state index contributed by atoms with van der Waals surface area (Å²) in [5.74, 6) is 0.167. The van der Waals surface area contributed by atoms with Crippen molar-refractivity contribution in [2.45, 2.75) is 12.8 Å². The van der Waals surface area contributed by atoms with E-state index in [2.05, 4.69) is 15.1 Å². The number of halogens is 1. The normalized spacial score (nSPS) is 10.5. The number of pyridine rings is 1. The molecule has 0 amide bonds. The van der Waals surface area contributed by atoms with Gasteiger partial charge >= 0.3 is 5.97 Å². The first-order chi connectivity index (χ1) is 13.6. The number of esters is 1. The Labute approximate surface area is 165 Å². The molecule has 0 aliphatic carbocycles. The average Bonchev–Trinajstić information content (AvgIpc) is 3.20. The first-order valence-corrected chi connectivity index (χ1v) is 8.71. The second kappa shape index (κ2) is 9.09. The third-order valence-electron chi connectivity index (χ3n) is 3.74. The SMILES string of the molecule is COc1ccc(C(=O)COC(=O)CCc2nc(-c3ccccn3)no2)cc1Cl. The Morgan fingerprint density at radius 1 is 1.21 bits per heavy atom. The largest absolute Gasteiger partial charge is 0.495 e. The topological polar surface area (TPSA) is 104 Å². The molecular formula is C19H16ClN3O5. The maximum Gasteiger partial charge on any atom is 0.306 e. The molecule has 144 valence electrons. The van der Waals surface area contributed by atoms with Crippen molar-refractivity contribution >= 4 is 23.4 Å². The number of rotatable bonds is 8. The van der Waals surface area contributed by atoms with Crippen LogP contribution >= 0.6 is 11.6 Å². The van der Waals surface area contributed by atoms with Gasteiger partial charge in [0.25, 0.3) is 0 Å². The number of ketones is 1. The highest BCUT2D eigenvalue weighted by Gasteiger charge is 2.14. The van der Waals surface area contributed by atoms with Crippen LogP contribution in [0.15, 0.2) is 47.1 Å². The smallest absolute Gasteiger partial charge is 0.306 e. The van der Waals surface area contributed by atoms with Gasteiger partial charge in [0.05, 0.1) is 18.6 Å². The summed E-state index contributed by atoms with van der Waals surface area (Å²) in [7, 11) is 1.48. The summed E-state index contributed by atoms with van der Waals surface area (Å²) in [6.07, 6.45) is 1.82. The fourth-order valence-corrected chi connectivity index (χ4v) is 2.56. The average molecular weight is 402 g/mol. The highest BCUT2D eigenvalue weighted by molar-refractivity contribution is 6.32. The minimum atomic E-state index is -0.550. The number of methoxy groups -OCH3 is 1. The molecule has 8 nitrogen and oxygen atoms in total. The van der Waals surface area contributed by atoms with Gasteiger partial charge in [-0.25, -0.2) is 0 Å². The van der Waals surface area contributed by atoms with Crippen molar-refractivity contribution in [2.24, 2.45) is 0 Å². The summed E-state index contributed by atoms with van der Waals surface area (Å²) in [4.78, 5) is 32.3. The summed E-state index contributed by atoms with van der Waals surface area (Å²) in [5.41, 5.74) is 0.902. The van der Waals surface area contributed by atoms with Crippen molar-refractivity contribution in [1.29, 1.82) is 0 Å². The van der Waals surface area contributed by atoms with Gasteiger partial charge in [-0.3, -0.25) is 14.6 Å². The molecule has 1 aromatic carbocycles. The third-order valence-corrected chi connectivity index (χ3v) is 4.04. The zero-order valence-electron chi connectivity index (χ0n) is 14.9. The molecule has 0 radical (unpaired) electrons. The van der Waals surface area contributed by atoms with E-state index in [0.717, 1.165) is 0 Å². The van der Waals surface area contributed by atoms with Gasteiger partial charge in [-0.1, -0.05) is 22.8 Å². The maximum absolute atomic E-state index is 12.1. The van der Waals surface area contributed by atoms with Gasteiger partial charge in [0.1, 0.15) is 11.4 Å². The van der Waals surface area contributed by atoms with E-state index in [1.54, 1.807) is 30.5 Å². The van der Waals surface area contributed by atoms with Crippen LogP contribution in [0.3, 0.4) is 0 Å². The Morgan fingerprint density at radius 3 is 2.79 bits per heavy atom. The van der Waals surface area contributed by atoms with E-state index in [1.807, 2.05) is 6.07 Å². The second-order valence-corrected chi connectivity index (χ2v) is 6.07. The number of nitrogens with zero attached hydrogens (tertiary/aromatic N) is 3. The highest BCUT2D eigenvalue weighted by atomic mass is 35.5. The van der Waals surface area contributed by atoms with E-state index < -0.39 is 5.97 Å². The van der Waals surface area contributed by atoms with Crippen LogP contribution < -0.4 is 4.74 Å². The van der Waals surface area contributed by atoms with Crippen molar-refractivity contribution in [2.75, 3.05) is 13.7 Å². The van der Waals surface area contributed by atoms with Crippen molar-refractivity contribution in [3.63, 3.8) is 0 Å². The second-order valence-electron chi connectivity index (χ2n) is 5.66. The standard InChI is InChI=1S/C19H16ClN3O5/c1-26-16-6-5-12(10-13(16)20)15(24)11-27-18(25)8-7-17-22-19(23-28-17)14-4-2-3-9-21-14/h2-6,9-10H,7-8,11H2,1H3. The lowest BCUT2D eigenvalue weighted by Gasteiger charge is -2.06. The lowest BCUT2D eigenvalue weighted by Crippen LogP contribution is -2.14. The van der Waals surface area contributed by atoms with Crippen LogP contribution in [0.2, 0.25) is 5.02 Å². The van der Waals surface area contributed by atoms with Crippen LogP contribution in [0.5, 0.6) is 5.75 Å². The first kappa shape index (κ1) is 19.5. The van der Waals surface area contributed by atoms with Gasteiger partial charge < -0.3 is 14.0 Å². The molecule has 0 aliphatic heterocycles. The molecule has 0 saturated carbocycles. The molecule has 28 heavy (non-hydrogen) atoms. The molecule has 0 fully saturated rings. The zero-order chi connectivity index (χ0) is 19.9. The molecule has 2 aromatic heterocycles. The number of aromatic nitrogens is 3. The molecular weight excluding hydrogens is 386 g/mol. The first-order valence-electron chi connectivity index (χ1n) is 8.33. The molecule has 0 unspecified atom stereocenters. The summed E-state index contributed by atoms with van der Waals surface area (Å²) in [6.45, 7) is -0.384. The number of hydrogen-bond acceptors (Lipinski definition) is 8. The Morgan fingerprint density at radius 2 is 2.07 bits per heavy atom. The lowest BCUT2D eigenvalue weighted by molar-refractivity contribution is -0.142. The van der Waals surface area contributed by atoms with Gasteiger partial charge in [-0.2, -0.15) is 4.98 Å². The van der Waals surface area contributed by atoms with E-state index >= 15 is 0 Å². The quantitative estimate of drug-likeness (QED) is 0.418. The van der Waals surface area contributed by atoms with Crippen LogP contribution in [0.25, 0.3) is 11.5 Å². The molecule has 2 heterocycles. The van der Waals surface area contributed by atoms with Crippen molar-refractivity contribution < 1.29 is 23.6 Å².